The Labute approximate surface area is 158 Å². The highest BCUT2D eigenvalue weighted by molar-refractivity contribution is 7.09. The molecule has 3 aromatic rings. The van der Waals surface area contributed by atoms with Crippen molar-refractivity contribution in [2.75, 3.05) is 6.54 Å². The lowest BCUT2D eigenvalue weighted by molar-refractivity contribution is -0.131. The standard InChI is InChI=1S/C17H17FN6O2S/c18-11-6-14(17-20-22-23-21-17)24(8-11)16(25)7-12-10-27-15(19-12)9-26-13-4-2-1-3-5-13/h1-5,10-11,14H,6-9H2,(H,20,21,22,23). The van der Waals surface area contributed by atoms with Crippen LogP contribution in [0.15, 0.2) is 35.7 Å². The molecular weight excluding hydrogens is 371 g/mol. The predicted molar refractivity (Wildman–Crippen MR) is 94.7 cm³/mol. The van der Waals surface area contributed by atoms with Gasteiger partial charge < -0.3 is 9.64 Å². The second kappa shape index (κ2) is 7.78. The summed E-state index contributed by atoms with van der Waals surface area (Å²) in [5.41, 5.74) is 0.644. The van der Waals surface area contributed by atoms with Crippen LogP contribution in [0.1, 0.15) is 29.0 Å². The van der Waals surface area contributed by atoms with Crippen molar-refractivity contribution in [2.45, 2.75) is 31.7 Å². The zero-order chi connectivity index (χ0) is 18.6. The third kappa shape index (κ3) is 4.11. The molecule has 2 atom stereocenters. The van der Waals surface area contributed by atoms with Crippen molar-refractivity contribution in [3.8, 4) is 5.75 Å². The predicted octanol–water partition coefficient (Wildman–Crippen LogP) is 2.09. The average Bonchev–Trinajstić information content (AvgIpc) is 3.41. The van der Waals surface area contributed by atoms with Crippen molar-refractivity contribution in [1.82, 2.24) is 30.5 Å². The van der Waals surface area contributed by atoms with Gasteiger partial charge in [-0.3, -0.25) is 4.79 Å². The van der Waals surface area contributed by atoms with Crippen LogP contribution in [0.25, 0.3) is 0 Å². The van der Waals surface area contributed by atoms with Gasteiger partial charge in [-0.15, -0.1) is 21.5 Å². The number of nitrogens with one attached hydrogen (secondary N) is 1. The van der Waals surface area contributed by atoms with E-state index in [1.165, 1.54) is 16.2 Å². The Kier molecular flexibility index (Phi) is 5.05. The second-order valence-corrected chi connectivity index (χ2v) is 7.12. The lowest BCUT2D eigenvalue weighted by atomic mass is 10.2. The Bertz CT molecular complexity index is 888. The molecule has 0 aliphatic carbocycles. The topological polar surface area (TPSA) is 96.9 Å². The van der Waals surface area contributed by atoms with Gasteiger partial charge in [0, 0.05) is 11.8 Å². The molecule has 140 valence electrons. The summed E-state index contributed by atoms with van der Waals surface area (Å²) in [5.74, 6) is 0.892. The molecule has 2 unspecified atom stereocenters. The molecular formula is C17H17FN6O2S. The summed E-state index contributed by atoms with van der Waals surface area (Å²) in [6.45, 7) is 0.372. The SMILES string of the molecule is O=C(Cc1csc(COc2ccccc2)n1)N1CC(F)CC1c1nn[nH]n1. The van der Waals surface area contributed by atoms with Gasteiger partial charge in [0.25, 0.3) is 0 Å². The molecule has 0 bridgehead atoms. The molecule has 1 amide bonds. The van der Waals surface area contributed by atoms with E-state index in [4.69, 9.17) is 4.74 Å². The Balaban J connectivity index is 1.37. The van der Waals surface area contributed by atoms with Gasteiger partial charge in [0.1, 0.15) is 23.5 Å². The maximum atomic E-state index is 13.9. The maximum absolute atomic E-state index is 13.9. The van der Waals surface area contributed by atoms with Crippen LogP contribution in [0, 0.1) is 0 Å². The number of carbonyl (C=O) groups is 1. The lowest BCUT2D eigenvalue weighted by Gasteiger charge is -2.21. The number of tetrazole rings is 1. The normalized spacial score (nSPS) is 19.4. The number of halogens is 1. The fourth-order valence-electron chi connectivity index (χ4n) is 3.03. The van der Waals surface area contributed by atoms with Crippen LogP contribution in [0.4, 0.5) is 4.39 Å². The molecule has 0 saturated carbocycles. The molecule has 1 saturated heterocycles. The summed E-state index contributed by atoms with van der Waals surface area (Å²) in [6, 6.07) is 8.96. The van der Waals surface area contributed by atoms with Crippen LogP contribution in [-0.4, -0.2) is 49.1 Å². The van der Waals surface area contributed by atoms with Gasteiger partial charge in [-0.25, -0.2) is 9.37 Å². The van der Waals surface area contributed by atoms with Crippen LogP contribution >= 0.6 is 11.3 Å². The number of nitrogens with zero attached hydrogens (tertiary/aromatic N) is 5. The number of carbonyl (C=O) groups excluding carboxylic acids is 1. The van der Waals surface area contributed by atoms with Crippen LogP contribution in [0.2, 0.25) is 0 Å². The van der Waals surface area contributed by atoms with E-state index in [0.717, 1.165) is 10.8 Å². The van der Waals surface area contributed by atoms with Crippen LogP contribution in [0.5, 0.6) is 5.75 Å². The fourth-order valence-corrected chi connectivity index (χ4v) is 3.74. The Morgan fingerprint density at radius 1 is 1.37 bits per heavy atom. The number of hydrogen-bond acceptors (Lipinski definition) is 7. The number of thiazole rings is 1. The number of benzene rings is 1. The third-order valence-electron chi connectivity index (χ3n) is 4.27. The van der Waals surface area contributed by atoms with E-state index >= 15 is 0 Å². The van der Waals surface area contributed by atoms with E-state index in [2.05, 4.69) is 25.6 Å². The highest BCUT2D eigenvalue weighted by Gasteiger charge is 2.38. The van der Waals surface area contributed by atoms with E-state index in [1.807, 2.05) is 35.7 Å². The minimum atomic E-state index is -1.09. The van der Waals surface area contributed by atoms with Gasteiger partial charge >= 0.3 is 0 Å². The van der Waals surface area contributed by atoms with E-state index in [1.54, 1.807) is 0 Å². The van der Waals surface area contributed by atoms with Crippen molar-refractivity contribution >= 4 is 17.2 Å². The average molecular weight is 388 g/mol. The number of amides is 1. The molecule has 10 heteroatoms. The van der Waals surface area contributed by atoms with Crippen molar-refractivity contribution in [3.05, 3.63) is 52.2 Å². The summed E-state index contributed by atoms with van der Waals surface area (Å²) >= 11 is 1.43. The zero-order valence-electron chi connectivity index (χ0n) is 14.3. The number of aromatic nitrogens is 5. The summed E-state index contributed by atoms with van der Waals surface area (Å²) in [4.78, 5) is 18.6. The van der Waals surface area contributed by atoms with E-state index in [0.29, 0.717) is 18.1 Å². The first kappa shape index (κ1) is 17.5. The van der Waals surface area contributed by atoms with Gasteiger partial charge in [0.15, 0.2) is 5.82 Å². The summed E-state index contributed by atoms with van der Waals surface area (Å²) in [7, 11) is 0. The van der Waals surface area contributed by atoms with Crippen molar-refractivity contribution < 1.29 is 13.9 Å². The van der Waals surface area contributed by atoms with Crippen LogP contribution < -0.4 is 4.74 Å². The van der Waals surface area contributed by atoms with E-state index in [9.17, 15) is 9.18 Å². The zero-order valence-corrected chi connectivity index (χ0v) is 15.1. The molecule has 3 heterocycles. The van der Waals surface area contributed by atoms with Crippen molar-refractivity contribution in [3.63, 3.8) is 0 Å². The van der Waals surface area contributed by atoms with Crippen LogP contribution in [-0.2, 0) is 17.8 Å². The number of para-hydroxylation sites is 1. The van der Waals surface area contributed by atoms with Crippen molar-refractivity contribution in [1.29, 1.82) is 0 Å². The molecule has 0 radical (unpaired) electrons. The molecule has 1 aromatic carbocycles. The van der Waals surface area contributed by atoms with Gasteiger partial charge in [0.2, 0.25) is 5.91 Å². The Morgan fingerprint density at radius 2 is 2.22 bits per heavy atom. The van der Waals surface area contributed by atoms with Crippen LogP contribution in [0.3, 0.4) is 0 Å². The first-order valence-corrected chi connectivity index (χ1v) is 9.35. The molecule has 1 aliphatic heterocycles. The summed E-state index contributed by atoms with van der Waals surface area (Å²) < 4.78 is 19.5. The van der Waals surface area contributed by atoms with Gasteiger partial charge in [-0.1, -0.05) is 23.4 Å². The summed E-state index contributed by atoms with van der Waals surface area (Å²) in [6.07, 6.45) is -0.816. The first-order chi connectivity index (χ1) is 13.2. The highest BCUT2D eigenvalue weighted by atomic mass is 32.1. The quantitative estimate of drug-likeness (QED) is 0.695. The van der Waals surface area contributed by atoms with Gasteiger partial charge in [-0.2, -0.15) is 5.21 Å². The Hall–Kier alpha value is -2.88. The molecule has 1 fully saturated rings. The maximum Gasteiger partial charge on any atom is 0.229 e. The lowest BCUT2D eigenvalue weighted by Crippen LogP contribution is -2.33. The van der Waals surface area contributed by atoms with Crippen molar-refractivity contribution in [2.24, 2.45) is 0 Å². The summed E-state index contributed by atoms with van der Waals surface area (Å²) in [5, 5.41) is 16.2. The number of H-pyrrole nitrogens is 1. The number of likely N-dealkylation sites (tertiary alicyclic amines) is 1. The Morgan fingerprint density at radius 3 is 3.00 bits per heavy atom. The molecule has 1 N–H and O–H groups in total. The largest absolute Gasteiger partial charge is 0.486 e. The second-order valence-electron chi connectivity index (χ2n) is 6.18. The number of hydrogen-bond donors (Lipinski definition) is 1. The molecule has 2 aromatic heterocycles. The molecule has 4 rings (SSSR count). The van der Waals surface area contributed by atoms with E-state index < -0.39 is 12.2 Å². The minimum absolute atomic E-state index is 0.0339. The smallest absolute Gasteiger partial charge is 0.229 e. The minimum Gasteiger partial charge on any atom is -0.486 e. The highest BCUT2D eigenvalue weighted by Crippen LogP contribution is 2.31. The first-order valence-electron chi connectivity index (χ1n) is 8.47. The third-order valence-corrected chi connectivity index (χ3v) is 5.14. The van der Waals surface area contributed by atoms with E-state index in [-0.39, 0.29) is 25.3 Å². The molecule has 0 spiro atoms. The molecule has 8 nitrogen and oxygen atoms in total. The monoisotopic (exact) mass is 388 g/mol. The number of ether oxygens (including phenoxy) is 1. The number of aromatic amines is 1. The molecule has 27 heavy (non-hydrogen) atoms. The molecule has 1 aliphatic rings. The fraction of sp³-hybridized carbons (Fsp3) is 0.353. The van der Waals surface area contributed by atoms with Gasteiger partial charge in [0.05, 0.1) is 24.7 Å². The van der Waals surface area contributed by atoms with Gasteiger partial charge in [-0.05, 0) is 12.1 Å². The number of rotatable bonds is 6. The number of alkyl halides is 1.